The number of rotatable bonds is 4. The van der Waals surface area contributed by atoms with E-state index in [0.717, 1.165) is 0 Å². The normalized spacial score (nSPS) is 21.0. The Morgan fingerprint density at radius 3 is 1.56 bits per heavy atom. The molecule has 25 heavy (non-hydrogen) atoms. The summed E-state index contributed by atoms with van der Waals surface area (Å²) < 4.78 is 0. The first-order valence-electron chi connectivity index (χ1n) is 9.26. The number of benzene rings is 2. The molecule has 130 valence electrons. The fourth-order valence-electron chi connectivity index (χ4n) is 4.62. The Morgan fingerprint density at radius 2 is 1.20 bits per heavy atom. The minimum atomic E-state index is -1.79. The lowest BCUT2D eigenvalue weighted by molar-refractivity contribution is 0.815. The van der Waals surface area contributed by atoms with Crippen LogP contribution >= 0.6 is 0 Å². The van der Waals surface area contributed by atoms with Gasteiger partial charge in [-0.25, -0.2) is 0 Å². The van der Waals surface area contributed by atoms with Gasteiger partial charge in [0.1, 0.15) is 0 Å². The van der Waals surface area contributed by atoms with Gasteiger partial charge in [-0.1, -0.05) is 97.9 Å². The minimum Gasteiger partial charge on any atom is -0.0741 e. The zero-order valence-electron chi connectivity index (χ0n) is 16.4. The van der Waals surface area contributed by atoms with Crippen LogP contribution in [0.25, 0.3) is 0 Å². The van der Waals surface area contributed by atoms with Gasteiger partial charge in [-0.2, -0.15) is 0 Å². The average Bonchev–Trinajstić information content (AvgIpc) is 2.81. The molecular formula is C24H30Si. The van der Waals surface area contributed by atoms with E-state index in [1.165, 1.54) is 22.3 Å². The van der Waals surface area contributed by atoms with Crippen molar-refractivity contribution in [2.45, 2.75) is 51.4 Å². The molecule has 0 aromatic heterocycles. The first-order chi connectivity index (χ1) is 11.8. The molecule has 1 aliphatic rings. The van der Waals surface area contributed by atoms with Gasteiger partial charge in [0.05, 0.1) is 8.07 Å². The van der Waals surface area contributed by atoms with E-state index in [2.05, 4.69) is 108 Å². The van der Waals surface area contributed by atoms with Gasteiger partial charge < -0.3 is 0 Å². The van der Waals surface area contributed by atoms with Crippen molar-refractivity contribution in [2.75, 3.05) is 0 Å². The Morgan fingerprint density at radius 1 is 0.760 bits per heavy atom. The van der Waals surface area contributed by atoms with E-state index < -0.39 is 8.07 Å². The number of hydrogen-bond donors (Lipinski definition) is 0. The summed E-state index contributed by atoms with van der Waals surface area (Å²) in [6.07, 6.45) is 2.56. The van der Waals surface area contributed by atoms with Crippen molar-refractivity contribution in [3.63, 3.8) is 0 Å². The molecule has 0 spiro atoms. The first kappa shape index (κ1) is 17.9. The van der Waals surface area contributed by atoms with Crippen LogP contribution in [0.3, 0.4) is 0 Å². The van der Waals surface area contributed by atoms with Crippen molar-refractivity contribution in [1.29, 1.82) is 0 Å². The summed E-state index contributed by atoms with van der Waals surface area (Å²) in [7, 11) is -1.79. The molecule has 2 aromatic rings. The third kappa shape index (κ3) is 2.85. The maximum atomic E-state index is 2.57. The molecule has 2 aromatic carbocycles. The van der Waals surface area contributed by atoms with Crippen LogP contribution < -0.4 is 0 Å². The van der Waals surface area contributed by atoms with Crippen LogP contribution in [0.15, 0.2) is 83.5 Å². The largest absolute Gasteiger partial charge is 0.0752 e. The van der Waals surface area contributed by atoms with Crippen molar-refractivity contribution in [3.8, 4) is 0 Å². The molecule has 1 aliphatic carbocycles. The summed E-state index contributed by atoms with van der Waals surface area (Å²) in [5.41, 5.74) is 7.90. The van der Waals surface area contributed by atoms with Crippen LogP contribution in [0, 0.1) is 0 Å². The lowest BCUT2D eigenvalue weighted by Crippen LogP contribution is -2.46. The predicted octanol–water partition coefficient (Wildman–Crippen LogP) is 7.12. The van der Waals surface area contributed by atoms with Crippen molar-refractivity contribution >= 4 is 8.07 Å². The summed E-state index contributed by atoms with van der Waals surface area (Å²) in [6.45, 7) is 14.5. The Balaban J connectivity index is 2.20. The molecule has 1 atom stereocenters. The van der Waals surface area contributed by atoms with Gasteiger partial charge in [-0.3, -0.25) is 0 Å². The van der Waals surface area contributed by atoms with Gasteiger partial charge in [0, 0.05) is 10.6 Å². The summed E-state index contributed by atoms with van der Waals surface area (Å²) in [4.78, 5) is 0. The second-order valence-electron chi connectivity index (χ2n) is 8.26. The zero-order chi connectivity index (χ0) is 18.2. The molecule has 0 nitrogen and oxygen atoms in total. The Labute approximate surface area is 154 Å². The first-order valence-corrected chi connectivity index (χ1v) is 12.3. The highest BCUT2D eigenvalue weighted by Crippen LogP contribution is 2.58. The maximum Gasteiger partial charge on any atom is 0.0752 e. The summed E-state index contributed by atoms with van der Waals surface area (Å²) in [5, 5.41) is 0.178. The van der Waals surface area contributed by atoms with Gasteiger partial charge in [0.15, 0.2) is 0 Å². The van der Waals surface area contributed by atoms with E-state index in [4.69, 9.17) is 0 Å². The molecule has 0 radical (unpaired) electrons. The molecule has 0 heterocycles. The molecule has 0 bridgehead atoms. The molecule has 1 unspecified atom stereocenters. The SMILES string of the molecule is CC1=CC(C)([Si](C)(C)C(c2ccccc2)c2ccccc2)C(C)=C1C. The molecular weight excluding hydrogens is 316 g/mol. The van der Waals surface area contributed by atoms with Gasteiger partial charge in [0.25, 0.3) is 0 Å². The van der Waals surface area contributed by atoms with E-state index in [0.29, 0.717) is 5.54 Å². The molecule has 0 fully saturated rings. The predicted molar refractivity (Wildman–Crippen MR) is 113 cm³/mol. The molecule has 0 N–H and O–H groups in total. The fraction of sp³-hybridized carbons (Fsp3) is 0.333. The Hall–Kier alpha value is -1.86. The van der Waals surface area contributed by atoms with E-state index in [1.807, 2.05) is 0 Å². The van der Waals surface area contributed by atoms with Crippen LogP contribution in [-0.2, 0) is 0 Å². The van der Waals surface area contributed by atoms with Crippen LogP contribution in [-0.4, -0.2) is 8.07 Å². The molecule has 0 saturated heterocycles. The number of hydrogen-bond acceptors (Lipinski definition) is 0. The quantitative estimate of drug-likeness (QED) is 0.517. The van der Waals surface area contributed by atoms with E-state index in [1.54, 1.807) is 5.57 Å². The minimum absolute atomic E-state index is 0.178. The summed E-state index contributed by atoms with van der Waals surface area (Å²) >= 11 is 0. The van der Waals surface area contributed by atoms with E-state index in [9.17, 15) is 0 Å². The Kier molecular flexibility index (Phi) is 4.63. The highest BCUT2D eigenvalue weighted by molar-refractivity contribution is 6.83. The van der Waals surface area contributed by atoms with Crippen LogP contribution in [0.1, 0.15) is 44.4 Å². The fourth-order valence-corrected chi connectivity index (χ4v) is 9.01. The van der Waals surface area contributed by atoms with E-state index in [-0.39, 0.29) is 5.04 Å². The van der Waals surface area contributed by atoms with Crippen molar-refractivity contribution < 1.29 is 0 Å². The summed E-state index contributed by atoms with van der Waals surface area (Å²) in [6, 6.07) is 22.2. The lowest BCUT2D eigenvalue weighted by Gasteiger charge is -2.46. The molecule has 0 amide bonds. The molecule has 0 aliphatic heterocycles. The molecule has 1 heteroatoms. The third-order valence-corrected chi connectivity index (χ3v) is 12.1. The third-order valence-electron chi connectivity index (χ3n) is 6.76. The van der Waals surface area contributed by atoms with Crippen LogP contribution in [0.2, 0.25) is 18.1 Å². The van der Waals surface area contributed by atoms with Crippen LogP contribution in [0.4, 0.5) is 0 Å². The van der Waals surface area contributed by atoms with Crippen molar-refractivity contribution in [1.82, 2.24) is 0 Å². The van der Waals surface area contributed by atoms with Gasteiger partial charge in [-0.15, -0.1) is 0 Å². The highest BCUT2D eigenvalue weighted by atomic mass is 28.3. The Bertz CT molecular complexity index is 772. The van der Waals surface area contributed by atoms with Gasteiger partial charge in [0.2, 0.25) is 0 Å². The standard InChI is InChI=1S/C24H30Si/c1-18-17-24(4,20(3)19(18)2)25(5,6)23(21-13-9-7-10-14-21)22-15-11-8-12-16-22/h7-17,23H,1-6H3. The highest BCUT2D eigenvalue weighted by Gasteiger charge is 2.50. The number of allylic oxidation sites excluding steroid dienone is 4. The van der Waals surface area contributed by atoms with Crippen LogP contribution in [0.5, 0.6) is 0 Å². The van der Waals surface area contributed by atoms with Gasteiger partial charge >= 0.3 is 0 Å². The smallest absolute Gasteiger partial charge is 0.0741 e. The zero-order valence-corrected chi connectivity index (χ0v) is 17.4. The lowest BCUT2D eigenvalue weighted by atomic mass is 10.0. The second-order valence-corrected chi connectivity index (χ2v) is 13.3. The van der Waals surface area contributed by atoms with Gasteiger partial charge in [-0.05, 0) is 37.5 Å². The van der Waals surface area contributed by atoms with Crippen molar-refractivity contribution in [3.05, 3.63) is 94.6 Å². The molecule has 3 rings (SSSR count). The average molecular weight is 347 g/mol. The second kappa shape index (κ2) is 6.46. The summed E-state index contributed by atoms with van der Waals surface area (Å²) in [5.74, 6) is 0. The maximum absolute atomic E-state index is 2.57. The van der Waals surface area contributed by atoms with E-state index >= 15 is 0 Å². The topological polar surface area (TPSA) is 0 Å². The van der Waals surface area contributed by atoms with Crippen molar-refractivity contribution in [2.24, 2.45) is 0 Å². The monoisotopic (exact) mass is 346 g/mol. The molecule has 0 saturated carbocycles.